The Morgan fingerprint density at radius 2 is 0.882 bits per heavy atom. The molecule has 0 saturated carbocycles. The molecule has 0 aliphatic carbocycles. The molecule has 0 bridgehead atoms. The maximum Gasteiger partial charge on any atom is 4.00 e. The van der Waals surface area contributed by atoms with E-state index in [2.05, 4.69) is 0 Å². The summed E-state index contributed by atoms with van der Waals surface area (Å²) in [6.45, 7) is 0. The largest absolute Gasteiger partial charge is 4.00 e. The third-order valence-electron chi connectivity index (χ3n) is 2.06. The number of halogens is 2. The van der Waals surface area contributed by atoms with Crippen LogP contribution in [0.5, 0.6) is 11.5 Å². The topological polar surface area (TPSA) is 46.1 Å². The van der Waals surface area contributed by atoms with Crippen LogP contribution in [0.3, 0.4) is 0 Å². The molecule has 0 radical (unpaired) electrons. The molecule has 86 valence electrons. The second-order valence-corrected chi connectivity index (χ2v) is 2.99. The Morgan fingerprint density at radius 3 is 1.18 bits per heavy atom. The van der Waals surface area contributed by atoms with Gasteiger partial charge in [-0.2, -0.15) is 0 Å². The van der Waals surface area contributed by atoms with Crippen molar-refractivity contribution in [3.63, 3.8) is 0 Å². The molecule has 0 N–H and O–H groups in total. The Kier molecular flexibility index (Phi) is 9.27. The molecule has 2 aromatic carbocycles. The first-order valence-corrected chi connectivity index (χ1v) is 4.31. The van der Waals surface area contributed by atoms with Crippen molar-refractivity contribution in [1.29, 1.82) is 0 Å². The van der Waals surface area contributed by atoms with Gasteiger partial charge in [-0.05, 0) is 11.1 Å². The standard InChI is InChI=1S/C12H10O2.2ClH.Ti/c13-11-7-3-1-5-9(11)10-6-2-4-8-12(10)14;;;/h1-8,13-14H;2*1H;/q;;;+4/p-4. The first-order chi connectivity index (χ1) is 6.79. The smallest absolute Gasteiger partial charge is 1.00 e. The molecule has 0 aliphatic rings. The van der Waals surface area contributed by atoms with E-state index in [9.17, 15) is 10.2 Å². The Morgan fingerprint density at radius 1 is 0.588 bits per heavy atom. The van der Waals surface area contributed by atoms with Gasteiger partial charge in [-0.15, -0.1) is 11.5 Å². The van der Waals surface area contributed by atoms with Gasteiger partial charge in [0.1, 0.15) is 0 Å². The molecule has 0 heterocycles. The molecular formula is C12H8Cl2O2Ti. The number of hydrogen-bond donors (Lipinski definition) is 0. The van der Waals surface area contributed by atoms with Gasteiger partial charge in [0.05, 0.1) is 0 Å². The molecule has 0 aliphatic heterocycles. The summed E-state index contributed by atoms with van der Waals surface area (Å²) < 4.78 is 0. The summed E-state index contributed by atoms with van der Waals surface area (Å²) in [7, 11) is 0. The van der Waals surface area contributed by atoms with E-state index in [1.165, 1.54) is 12.1 Å². The third kappa shape index (κ3) is 4.25. The summed E-state index contributed by atoms with van der Waals surface area (Å²) in [5.74, 6) is -0.230. The van der Waals surface area contributed by atoms with Crippen LogP contribution in [-0.4, -0.2) is 0 Å². The van der Waals surface area contributed by atoms with Gasteiger partial charge in [-0.25, -0.2) is 0 Å². The molecule has 0 fully saturated rings. The van der Waals surface area contributed by atoms with Crippen molar-refractivity contribution >= 4 is 0 Å². The van der Waals surface area contributed by atoms with Crippen LogP contribution in [0.2, 0.25) is 0 Å². The number of rotatable bonds is 1. The fourth-order valence-electron chi connectivity index (χ4n) is 1.38. The summed E-state index contributed by atoms with van der Waals surface area (Å²) in [4.78, 5) is 0. The van der Waals surface area contributed by atoms with Crippen molar-refractivity contribution in [3.05, 3.63) is 48.5 Å². The van der Waals surface area contributed by atoms with Crippen LogP contribution in [-0.2, 0) is 21.7 Å². The zero-order valence-electron chi connectivity index (χ0n) is 8.69. The molecule has 0 aromatic heterocycles. The summed E-state index contributed by atoms with van der Waals surface area (Å²) >= 11 is 0. The van der Waals surface area contributed by atoms with E-state index in [-0.39, 0.29) is 58.0 Å². The van der Waals surface area contributed by atoms with E-state index in [0.29, 0.717) is 11.1 Å². The molecule has 0 saturated heterocycles. The van der Waals surface area contributed by atoms with Gasteiger partial charge in [-0.1, -0.05) is 48.5 Å². The minimum atomic E-state index is -0.115. The number of para-hydroxylation sites is 2. The van der Waals surface area contributed by atoms with Crippen LogP contribution < -0.4 is 35.0 Å². The average molecular weight is 303 g/mol. The Balaban J connectivity index is 0. The predicted molar refractivity (Wildman–Crippen MR) is 50.8 cm³/mol. The first-order valence-electron chi connectivity index (χ1n) is 4.31. The molecule has 0 spiro atoms. The third-order valence-corrected chi connectivity index (χ3v) is 2.06. The van der Waals surface area contributed by atoms with E-state index in [0.717, 1.165) is 0 Å². The van der Waals surface area contributed by atoms with Gasteiger partial charge in [0, 0.05) is 0 Å². The SMILES string of the molecule is [Cl-].[Cl-].[O-]c1ccccc1-c1ccccc1[O-].[Ti+4]. The predicted octanol–water partition coefficient (Wildman–Crippen LogP) is -4.49. The van der Waals surface area contributed by atoms with Crippen LogP contribution >= 0.6 is 0 Å². The van der Waals surface area contributed by atoms with Crippen LogP contribution in [0, 0.1) is 0 Å². The summed E-state index contributed by atoms with van der Waals surface area (Å²) in [6.07, 6.45) is 0. The van der Waals surface area contributed by atoms with Crippen molar-refractivity contribution in [2.75, 3.05) is 0 Å². The van der Waals surface area contributed by atoms with Gasteiger partial charge in [0.25, 0.3) is 0 Å². The fraction of sp³-hybridized carbons (Fsp3) is 0. The van der Waals surface area contributed by atoms with Crippen LogP contribution in [0.15, 0.2) is 48.5 Å². The normalized spacial score (nSPS) is 8.24. The van der Waals surface area contributed by atoms with Crippen LogP contribution in [0.4, 0.5) is 0 Å². The second-order valence-electron chi connectivity index (χ2n) is 2.99. The van der Waals surface area contributed by atoms with Gasteiger partial charge < -0.3 is 35.0 Å². The molecule has 0 amide bonds. The Labute approximate surface area is 127 Å². The van der Waals surface area contributed by atoms with Gasteiger partial charge in [-0.3, -0.25) is 0 Å². The fourth-order valence-corrected chi connectivity index (χ4v) is 1.38. The van der Waals surface area contributed by atoms with E-state index in [1.54, 1.807) is 36.4 Å². The maximum atomic E-state index is 11.4. The summed E-state index contributed by atoms with van der Waals surface area (Å²) in [6, 6.07) is 13.1. The molecular weight excluding hydrogens is 295 g/mol. The van der Waals surface area contributed by atoms with E-state index in [4.69, 9.17) is 0 Å². The van der Waals surface area contributed by atoms with Gasteiger partial charge in [0.2, 0.25) is 0 Å². The van der Waals surface area contributed by atoms with Crippen molar-refractivity contribution in [1.82, 2.24) is 0 Å². The molecule has 5 heteroatoms. The van der Waals surface area contributed by atoms with E-state index in [1.807, 2.05) is 0 Å². The zero-order valence-corrected chi connectivity index (χ0v) is 11.8. The monoisotopic (exact) mass is 302 g/mol. The Bertz CT molecular complexity index is 420. The van der Waals surface area contributed by atoms with Crippen LogP contribution in [0.1, 0.15) is 0 Å². The average Bonchev–Trinajstić information content (AvgIpc) is 2.20. The summed E-state index contributed by atoms with van der Waals surface area (Å²) in [5, 5.41) is 22.9. The van der Waals surface area contributed by atoms with E-state index < -0.39 is 0 Å². The number of benzene rings is 2. The van der Waals surface area contributed by atoms with E-state index >= 15 is 0 Å². The van der Waals surface area contributed by atoms with Crippen molar-refractivity contribution in [2.24, 2.45) is 0 Å². The van der Waals surface area contributed by atoms with Gasteiger partial charge in [0.15, 0.2) is 0 Å². The molecule has 2 rings (SSSR count). The van der Waals surface area contributed by atoms with Crippen molar-refractivity contribution < 1.29 is 56.7 Å². The number of hydrogen-bond acceptors (Lipinski definition) is 2. The van der Waals surface area contributed by atoms with Crippen molar-refractivity contribution in [2.45, 2.75) is 0 Å². The molecule has 17 heavy (non-hydrogen) atoms. The Hall–Kier alpha value is -0.666. The molecule has 2 nitrogen and oxygen atoms in total. The summed E-state index contributed by atoms with van der Waals surface area (Å²) in [5.41, 5.74) is 0.941. The molecule has 2 aromatic rings. The quantitative estimate of drug-likeness (QED) is 0.499. The van der Waals surface area contributed by atoms with Gasteiger partial charge >= 0.3 is 21.7 Å². The molecule has 0 unspecified atom stereocenters. The maximum absolute atomic E-state index is 11.4. The minimum Gasteiger partial charge on any atom is -1.00 e. The minimum absolute atomic E-state index is 0. The van der Waals surface area contributed by atoms with Crippen LogP contribution in [0.25, 0.3) is 11.1 Å². The molecule has 0 atom stereocenters. The first kappa shape index (κ1) is 18.7. The van der Waals surface area contributed by atoms with Crippen molar-refractivity contribution in [3.8, 4) is 22.6 Å². The second kappa shape index (κ2) is 8.43. The zero-order chi connectivity index (χ0) is 9.97.